The third-order valence-corrected chi connectivity index (χ3v) is 3.09. The van der Waals surface area contributed by atoms with Crippen LogP contribution in [0.25, 0.3) is 0 Å². The van der Waals surface area contributed by atoms with Crippen LogP contribution in [0.3, 0.4) is 0 Å². The summed E-state index contributed by atoms with van der Waals surface area (Å²) in [5, 5.41) is 2.37. The molecular formula is C14H16N2O4. The van der Waals surface area contributed by atoms with Crippen molar-refractivity contribution in [2.45, 2.75) is 19.9 Å². The van der Waals surface area contributed by atoms with Crippen molar-refractivity contribution in [3.8, 4) is 0 Å². The largest absolute Gasteiger partial charge is 0.464 e. The molecule has 0 aromatic heterocycles. The fourth-order valence-corrected chi connectivity index (χ4v) is 2.10. The Balaban J connectivity index is 2.27. The van der Waals surface area contributed by atoms with Gasteiger partial charge in [0.25, 0.3) is 0 Å². The van der Waals surface area contributed by atoms with Gasteiger partial charge in [0.05, 0.1) is 13.2 Å². The van der Waals surface area contributed by atoms with Crippen LogP contribution in [0.4, 0.5) is 5.69 Å². The standard InChI is InChI=1S/C14H16N2O4/c1-3-20-14(19)10-8-16(13(18)12(17)15-10)11-7-5-4-6-9(11)2/h4-7,10H,3,8H2,1-2H3,(H,15,17)/t10-/m0/s1. The highest BCUT2D eigenvalue weighted by molar-refractivity contribution is 6.41. The molecule has 0 aliphatic carbocycles. The number of carbonyl (C=O) groups excluding carboxylic acids is 3. The third kappa shape index (κ3) is 2.64. The Kier molecular flexibility index (Phi) is 4.02. The zero-order valence-electron chi connectivity index (χ0n) is 11.4. The van der Waals surface area contributed by atoms with Gasteiger partial charge in [-0.1, -0.05) is 18.2 Å². The van der Waals surface area contributed by atoms with Crippen LogP contribution in [-0.2, 0) is 19.1 Å². The maximum Gasteiger partial charge on any atom is 0.330 e. The van der Waals surface area contributed by atoms with E-state index in [2.05, 4.69) is 5.32 Å². The summed E-state index contributed by atoms with van der Waals surface area (Å²) in [6.07, 6.45) is 0. The molecule has 1 aromatic carbocycles. The molecule has 1 atom stereocenters. The number of ether oxygens (including phenoxy) is 1. The highest BCUT2D eigenvalue weighted by Gasteiger charge is 2.37. The summed E-state index contributed by atoms with van der Waals surface area (Å²) >= 11 is 0. The Hall–Kier alpha value is -2.37. The third-order valence-electron chi connectivity index (χ3n) is 3.09. The number of amides is 2. The SMILES string of the molecule is CCOC(=O)[C@@H]1CN(c2ccccc2C)C(=O)C(=O)N1. The van der Waals surface area contributed by atoms with Crippen LogP contribution in [0.15, 0.2) is 24.3 Å². The number of hydrogen-bond donors (Lipinski definition) is 1. The molecule has 1 N–H and O–H groups in total. The summed E-state index contributed by atoms with van der Waals surface area (Å²) < 4.78 is 4.89. The minimum Gasteiger partial charge on any atom is -0.464 e. The number of esters is 1. The molecule has 1 aliphatic heterocycles. The molecular weight excluding hydrogens is 260 g/mol. The van der Waals surface area contributed by atoms with Gasteiger partial charge in [-0.2, -0.15) is 0 Å². The first-order chi connectivity index (χ1) is 9.54. The van der Waals surface area contributed by atoms with Crippen molar-refractivity contribution < 1.29 is 19.1 Å². The molecule has 1 fully saturated rings. The van der Waals surface area contributed by atoms with E-state index < -0.39 is 23.8 Å². The van der Waals surface area contributed by atoms with Crippen LogP contribution in [0.2, 0.25) is 0 Å². The van der Waals surface area contributed by atoms with Gasteiger partial charge in [0.2, 0.25) is 0 Å². The summed E-state index contributed by atoms with van der Waals surface area (Å²) in [6.45, 7) is 3.83. The minimum atomic E-state index is -0.834. The number of nitrogens with one attached hydrogen (secondary N) is 1. The van der Waals surface area contributed by atoms with E-state index in [9.17, 15) is 14.4 Å². The molecule has 1 saturated heterocycles. The topological polar surface area (TPSA) is 75.7 Å². The molecule has 20 heavy (non-hydrogen) atoms. The number of nitrogens with zero attached hydrogens (tertiary/aromatic N) is 1. The van der Waals surface area contributed by atoms with E-state index in [1.807, 2.05) is 19.1 Å². The molecule has 1 heterocycles. The summed E-state index contributed by atoms with van der Waals surface area (Å²) in [4.78, 5) is 36.7. The molecule has 106 valence electrons. The zero-order valence-corrected chi connectivity index (χ0v) is 11.4. The molecule has 2 rings (SSSR count). The maximum absolute atomic E-state index is 12.0. The van der Waals surface area contributed by atoms with Crippen LogP contribution in [0.1, 0.15) is 12.5 Å². The molecule has 6 heteroatoms. The smallest absolute Gasteiger partial charge is 0.330 e. The van der Waals surface area contributed by atoms with Crippen LogP contribution in [0.5, 0.6) is 0 Å². The second kappa shape index (κ2) is 5.73. The lowest BCUT2D eigenvalue weighted by molar-refractivity contribution is -0.150. The number of carbonyl (C=O) groups is 3. The van der Waals surface area contributed by atoms with E-state index in [0.717, 1.165) is 5.56 Å². The quantitative estimate of drug-likeness (QED) is 0.640. The van der Waals surface area contributed by atoms with Crippen molar-refractivity contribution in [1.29, 1.82) is 0 Å². The molecule has 1 aliphatic rings. The summed E-state index contributed by atoms with van der Waals surface area (Å²) in [5.41, 5.74) is 1.49. The van der Waals surface area contributed by atoms with Gasteiger partial charge in [0.15, 0.2) is 0 Å². The van der Waals surface area contributed by atoms with Gasteiger partial charge in [-0.25, -0.2) is 4.79 Å². The lowest BCUT2D eigenvalue weighted by atomic mass is 10.1. The Morgan fingerprint density at radius 3 is 2.75 bits per heavy atom. The molecule has 0 saturated carbocycles. The average molecular weight is 276 g/mol. The Morgan fingerprint density at radius 2 is 2.10 bits per heavy atom. The van der Waals surface area contributed by atoms with Crippen molar-refractivity contribution in [2.75, 3.05) is 18.1 Å². The van der Waals surface area contributed by atoms with Crippen LogP contribution >= 0.6 is 0 Å². The number of rotatable bonds is 3. The van der Waals surface area contributed by atoms with Crippen molar-refractivity contribution >= 4 is 23.5 Å². The Morgan fingerprint density at radius 1 is 1.40 bits per heavy atom. The molecule has 6 nitrogen and oxygen atoms in total. The first-order valence-electron chi connectivity index (χ1n) is 6.39. The van der Waals surface area contributed by atoms with E-state index >= 15 is 0 Å². The van der Waals surface area contributed by atoms with Crippen molar-refractivity contribution in [2.24, 2.45) is 0 Å². The molecule has 2 amide bonds. The number of benzene rings is 1. The maximum atomic E-state index is 12.0. The van der Waals surface area contributed by atoms with Gasteiger partial charge in [-0.3, -0.25) is 9.59 Å². The van der Waals surface area contributed by atoms with Gasteiger partial charge in [0, 0.05) is 5.69 Å². The van der Waals surface area contributed by atoms with Gasteiger partial charge < -0.3 is 15.0 Å². The first kappa shape index (κ1) is 14.0. The monoisotopic (exact) mass is 276 g/mol. The van der Waals surface area contributed by atoms with Crippen LogP contribution < -0.4 is 10.2 Å². The van der Waals surface area contributed by atoms with Gasteiger partial charge in [-0.05, 0) is 25.5 Å². The summed E-state index contributed by atoms with van der Waals surface area (Å²) in [5.74, 6) is -2.00. The Bertz CT molecular complexity index is 556. The molecule has 0 spiro atoms. The average Bonchev–Trinajstić information content (AvgIpc) is 2.43. The predicted molar refractivity (Wildman–Crippen MR) is 72.1 cm³/mol. The summed E-state index contributed by atoms with van der Waals surface area (Å²) in [7, 11) is 0. The number of para-hydroxylation sites is 1. The van der Waals surface area contributed by atoms with Crippen molar-refractivity contribution in [3.05, 3.63) is 29.8 Å². The van der Waals surface area contributed by atoms with Gasteiger partial charge in [-0.15, -0.1) is 0 Å². The van der Waals surface area contributed by atoms with Crippen LogP contribution in [0, 0.1) is 6.92 Å². The fourth-order valence-electron chi connectivity index (χ4n) is 2.10. The van der Waals surface area contributed by atoms with Crippen molar-refractivity contribution in [1.82, 2.24) is 5.32 Å². The van der Waals surface area contributed by atoms with E-state index in [-0.39, 0.29) is 13.2 Å². The van der Waals surface area contributed by atoms with Crippen molar-refractivity contribution in [3.63, 3.8) is 0 Å². The second-order valence-electron chi connectivity index (χ2n) is 4.48. The molecule has 0 unspecified atom stereocenters. The van der Waals surface area contributed by atoms with E-state index in [4.69, 9.17) is 4.74 Å². The minimum absolute atomic E-state index is 0.0776. The predicted octanol–water partition coefficient (Wildman–Crippen LogP) is 0.390. The van der Waals surface area contributed by atoms with Crippen LogP contribution in [-0.4, -0.2) is 37.0 Å². The number of aryl methyl sites for hydroxylation is 1. The lowest BCUT2D eigenvalue weighted by Gasteiger charge is -2.32. The summed E-state index contributed by atoms with van der Waals surface area (Å²) in [6, 6.07) is 6.37. The lowest BCUT2D eigenvalue weighted by Crippen LogP contribution is -2.61. The van der Waals surface area contributed by atoms with E-state index in [1.165, 1.54) is 4.90 Å². The fraction of sp³-hybridized carbons (Fsp3) is 0.357. The molecule has 0 bridgehead atoms. The number of piperazine rings is 1. The van der Waals surface area contributed by atoms with E-state index in [0.29, 0.717) is 5.69 Å². The molecule has 0 radical (unpaired) electrons. The Labute approximate surface area is 116 Å². The normalized spacial score (nSPS) is 18.7. The zero-order chi connectivity index (χ0) is 14.7. The van der Waals surface area contributed by atoms with Gasteiger partial charge >= 0.3 is 17.8 Å². The highest BCUT2D eigenvalue weighted by Crippen LogP contribution is 2.21. The molecule has 1 aromatic rings. The first-order valence-corrected chi connectivity index (χ1v) is 6.39. The highest BCUT2D eigenvalue weighted by atomic mass is 16.5. The second-order valence-corrected chi connectivity index (χ2v) is 4.48. The van der Waals surface area contributed by atoms with Gasteiger partial charge in [0.1, 0.15) is 6.04 Å². The number of anilines is 1. The number of hydrogen-bond acceptors (Lipinski definition) is 4. The van der Waals surface area contributed by atoms with E-state index in [1.54, 1.807) is 19.1 Å².